The van der Waals surface area contributed by atoms with E-state index in [2.05, 4.69) is 24.4 Å². The number of benzene rings is 2. The Morgan fingerprint density at radius 2 is 1.80 bits per heavy atom. The molecule has 0 unspecified atom stereocenters. The van der Waals surface area contributed by atoms with Crippen molar-refractivity contribution in [3.8, 4) is 11.5 Å². The van der Waals surface area contributed by atoms with E-state index in [1.54, 1.807) is 12.1 Å². The van der Waals surface area contributed by atoms with Crippen LogP contribution in [0.25, 0.3) is 0 Å². The molecule has 0 aliphatic carbocycles. The van der Waals surface area contributed by atoms with Crippen molar-refractivity contribution in [2.75, 3.05) is 19.8 Å². The summed E-state index contributed by atoms with van der Waals surface area (Å²) >= 11 is 0. The van der Waals surface area contributed by atoms with E-state index in [1.165, 1.54) is 5.56 Å². The summed E-state index contributed by atoms with van der Waals surface area (Å²) in [4.78, 5) is 12.4. The molecule has 0 atom stereocenters. The molecule has 0 fully saturated rings. The van der Waals surface area contributed by atoms with E-state index in [-0.39, 0.29) is 5.91 Å². The average Bonchev–Trinajstić information content (AvgIpc) is 2.64. The first-order valence-corrected chi connectivity index (χ1v) is 8.96. The third-order valence-electron chi connectivity index (χ3n) is 3.80. The highest BCUT2D eigenvalue weighted by molar-refractivity contribution is 5.94. The second-order valence-corrected chi connectivity index (χ2v) is 5.79. The summed E-state index contributed by atoms with van der Waals surface area (Å²) in [6.45, 7) is 5.82. The van der Waals surface area contributed by atoms with E-state index in [9.17, 15) is 4.79 Å². The molecule has 0 aliphatic rings. The average molecular weight is 341 g/mol. The van der Waals surface area contributed by atoms with Crippen LogP contribution in [0.2, 0.25) is 0 Å². The SMILES string of the molecule is CCCCOc1ccc(C(=O)NCCc2ccccc2)cc1OCC. The van der Waals surface area contributed by atoms with Crippen LogP contribution in [0.15, 0.2) is 48.5 Å². The Kier molecular flexibility index (Phi) is 7.83. The second kappa shape index (κ2) is 10.4. The number of nitrogens with one attached hydrogen (secondary N) is 1. The Morgan fingerprint density at radius 3 is 2.52 bits per heavy atom. The normalized spacial score (nSPS) is 10.3. The van der Waals surface area contributed by atoms with Crippen molar-refractivity contribution in [2.24, 2.45) is 0 Å². The molecule has 0 heterocycles. The van der Waals surface area contributed by atoms with E-state index in [0.717, 1.165) is 19.3 Å². The molecule has 0 radical (unpaired) electrons. The zero-order valence-corrected chi connectivity index (χ0v) is 15.1. The predicted octanol–water partition coefficient (Wildman–Crippen LogP) is 4.24. The molecule has 2 aromatic rings. The Balaban J connectivity index is 1.95. The van der Waals surface area contributed by atoms with Gasteiger partial charge in [-0.25, -0.2) is 0 Å². The molecule has 25 heavy (non-hydrogen) atoms. The zero-order valence-electron chi connectivity index (χ0n) is 15.1. The van der Waals surface area contributed by atoms with Crippen molar-refractivity contribution in [1.82, 2.24) is 5.32 Å². The van der Waals surface area contributed by atoms with E-state index in [0.29, 0.717) is 36.8 Å². The first kappa shape index (κ1) is 18.8. The monoisotopic (exact) mass is 341 g/mol. The van der Waals surface area contributed by atoms with Gasteiger partial charge in [-0.15, -0.1) is 0 Å². The highest BCUT2D eigenvalue weighted by Gasteiger charge is 2.11. The lowest BCUT2D eigenvalue weighted by Gasteiger charge is -2.13. The minimum atomic E-state index is -0.100. The standard InChI is InChI=1S/C21H27NO3/c1-3-5-15-25-19-12-11-18(16-20(19)24-4-2)21(23)22-14-13-17-9-7-6-8-10-17/h6-12,16H,3-5,13-15H2,1-2H3,(H,22,23). The fraction of sp³-hybridized carbons (Fsp3) is 0.381. The van der Waals surface area contributed by atoms with Gasteiger partial charge in [0.05, 0.1) is 13.2 Å². The van der Waals surface area contributed by atoms with E-state index in [4.69, 9.17) is 9.47 Å². The first-order chi connectivity index (χ1) is 12.2. The van der Waals surface area contributed by atoms with Crippen molar-refractivity contribution >= 4 is 5.91 Å². The van der Waals surface area contributed by atoms with E-state index in [1.807, 2.05) is 31.2 Å². The minimum absolute atomic E-state index is 0.100. The molecule has 4 heteroatoms. The maximum atomic E-state index is 12.4. The minimum Gasteiger partial charge on any atom is -0.490 e. The lowest BCUT2D eigenvalue weighted by atomic mass is 10.1. The van der Waals surface area contributed by atoms with Crippen LogP contribution >= 0.6 is 0 Å². The fourth-order valence-electron chi connectivity index (χ4n) is 2.43. The van der Waals surface area contributed by atoms with E-state index >= 15 is 0 Å². The van der Waals surface area contributed by atoms with E-state index < -0.39 is 0 Å². The highest BCUT2D eigenvalue weighted by Crippen LogP contribution is 2.28. The van der Waals surface area contributed by atoms with Crippen LogP contribution in [-0.2, 0) is 6.42 Å². The fourth-order valence-corrected chi connectivity index (χ4v) is 2.43. The van der Waals surface area contributed by atoms with Gasteiger partial charge in [0, 0.05) is 12.1 Å². The van der Waals surface area contributed by atoms with Gasteiger partial charge in [0.25, 0.3) is 5.91 Å². The van der Waals surface area contributed by atoms with Crippen molar-refractivity contribution in [3.05, 3.63) is 59.7 Å². The summed E-state index contributed by atoms with van der Waals surface area (Å²) in [5, 5.41) is 2.95. The highest BCUT2D eigenvalue weighted by atomic mass is 16.5. The molecule has 2 aromatic carbocycles. The number of hydrogen-bond donors (Lipinski definition) is 1. The van der Waals surface area contributed by atoms with Crippen LogP contribution < -0.4 is 14.8 Å². The van der Waals surface area contributed by atoms with Crippen molar-refractivity contribution in [1.29, 1.82) is 0 Å². The number of rotatable bonds is 10. The Morgan fingerprint density at radius 1 is 1.00 bits per heavy atom. The molecule has 2 rings (SSSR count). The van der Waals surface area contributed by atoms with Gasteiger partial charge in [-0.1, -0.05) is 43.7 Å². The van der Waals surface area contributed by atoms with Crippen LogP contribution in [0.5, 0.6) is 11.5 Å². The lowest BCUT2D eigenvalue weighted by molar-refractivity contribution is 0.0953. The number of hydrogen-bond acceptors (Lipinski definition) is 3. The largest absolute Gasteiger partial charge is 0.490 e. The van der Waals surface area contributed by atoms with Crippen LogP contribution in [-0.4, -0.2) is 25.7 Å². The Labute approximate surface area is 150 Å². The van der Waals surface area contributed by atoms with Gasteiger partial charge in [-0.3, -0.25) is 4.79 Å². The summed E-state index contributed by atoms with van der Waals surface area (Å²) < 4.78 is 11.4. The smallest absolute Gasteiger partial charge is 0.251 e. The Hall–Kier alpha value is -2.49. The van der Waals surface area contributed by atoms with Crippen LogP contribution in [0.3, 0.4) is 0 Å². The number of unbranched alkanes of at least 4 members (excludes halogenated alkanes) is 1. The number of carbonyl (C=O) groups is 1. The number of amides is 1. The van der Waals surface area contributed by atoms with Gasteiger partial charge in [0.1, 0.15) is 0 Å². The summed E-state index contributed by atoms with van der Waals surface area (Å²) in [5.41, 5.74) is 1.79. The van der Waals surface area contributed by atoms with Gasteiger partial charge in [-0.2, -0.15) is 0 Å². The van der Waals surface area contributed by atoms with Crippen LogP contribution in [0.1, 0.15) is 42.6 Å². The molecule has 134 valence electrons. The molecule has 0 bridgehead atoms. The predicted molar refractivity (Wildman–Crippen MR) is 100 cm³/mol. The molecule has 4 nitrogen and oxygen atoms in total. The van der Waals surface area contributed by atoms with Crippen LogP contribution in [0, 0.1) is 0 Å². The summed E-state index contributed by atoms with van der Waals surface area (Å²) in [6, 6.07) is 15.5. The van der Waals surface area contributed by atoms with Crippen molar-refractivity contribution in [3.63, 3.8) is 0 Å². The quantitative estimate of drug-likeness (QED) is 0.658. The molecule has 0 saturated carbocycles. The third kappa shape index (κ3) is 6.14. The Bertz CT molecular complexity index is 655. The maximum absolute atomic E-state index is 12.4. The summed E-state index contributed by atoms with van der Waals surface area (Å²) in [6.07, 6.45) is 2.88. The third-order valence-corrected chi connectivity index (χ3v) is 3.80. The molecule has 1 N–H and O–H groups in total. The molecule has 1 amide bonds. The maximum Gasteiger partial charge on any atom is 0.251 e. The molecule has 0 aromatic heterocycles. The topological polar surface area (TPSA) is 47.6 Å². The summed E-state index contributed by atoms with van der Waals surface area (Å²) in [7, 11) is 0. The first-order valence-electron chi connectivity index (χ1n) is 8.96. The van der Waals surface area contributed by atoms with Gasteiger partial charge in [0.15, 0.2) is 11.5 Å². The molecular formula is C21H27NO3. The second-order valence-electron chi connectivity index (χ2n) is 5.79. The lowest BCUT2D eigenvalue weighted by Crippen LogP contribution is -2.25. The molecule has 0 aliphatic heterocycles. The van der Waals surface area contributed by atoms with Gasteiger partial charge >= 0.3 is 0 Å². The van der Waals surface area contributed by atoms with Crippen molar-refractivity contribution < 1.29 is 14.3 Å². The van der Waals surface area contributed by atoms with Crippen molar-refractivity contribution in [2.45, 2.75) is 33.1 Å². The van der Waals surface area contributed by atoms with Gasteiger partial charge in [-0.05, 0) is 43.5 Å². The zero-order chi connectivity index (χ0) is 17.9. The van der Waals surface area contributed by atoms with Gasteiger partial charge < -0.3 is 14.8 Å². The van der Waals surface area contributed by atoms with Gasteiger partial charge in [0.2, 0.25) is 0 Å². The summed E-state index contributed by atoms with van der Waals surface area (Å²) in [5.74, 6) is 1.21. The molecular weight excluding hydrogens is 314 g/mol. The number of ether oxygens (including phenoxy) is 2. The number of carbonyl (C=O) groups excluding carboxylic acids is 1. The molecule has 0 saturated heterocycles. The molecule has 0 spiro atoms. The van der Waals surface area contributed by atoms with Crippen LogP contribution in [0.4, 0.5) is 0 Å².